The molecule has 3 aromatic rings. The molecule has 0 fully saturated rings. The maximum Gasteiger partial charge on any atom is 0.309 e. The van der Waals surface area contributed by atoms with E-state index in [0.29, 0.717) is 17.1 Å². The number of aliphatic carboxylic acids is 1. The fourth-order valence-electron chi connectivity index (χ4n) is 1.92. The van der Waals surface area contributed by atoms with Gasteiger partial charge in [0.2, 0.25) is 0 Å². The third kappa shape index (κ3) is 3.66. The van der Waals surface area contributed by atoms with Crippen molar-refractivity contribution >= 4 is 17.6 Å². The Labute approximate surface area is 140 Å². The van der Waals surface area contributed by atoms with Crippen LogP contribution in [0.15, 0.2) is 42.7 Å². The largest absolute Gasteiger partial charge is 0.481 e. The molecule has 3 rings (SSSR count). The summed E-state index contributed by atoms with van der Waals surface area (Å²) >= 11 is 5.63. The monoisotopic (exact) mass is 348 g/mol. The number of carbonyl (C=O) groups is 1. The summed E-state index contributed by atoms with van der Waals surface area (Å²) in [6.45, 7) is 0. The minimum absolute atomic E-state index is 0.179. The van der Waals surface area contributed by atoms with E-state index in [0.717, 1.165) is 6.07 Å². The molecule has 0 bridgehead atoms. The van der Waals surface area contributed by atoms with Gasteiger partial charge in [0.25, 0.3) is 5.88 Å². The molecule has 0 amide bonds. The predicted octanol–water partition coefficient (Wildman–Crippen LogP) is 2.87. The first kappa shape index (κ1) is 15.9. The summed E-state index contributed by atoms with van der Waals surface area (Å²) in [6, 6.07) is 7.65. The first-order chi connectivity index (χ1) is 11.5. The van der Waals surface area contributed by atoms with Crippen molar-refractivity contribution in [3.8, 4) is 17.3 Å². The van der Waals surface area contributed by atoms with E-state index in [1.807, 2.05) is 0 Å². The molecule has 0 radical (unpaired) electrons. The maximum absolute atomic E-state index is 13.6. The molecule has 0 unspecified atom stereocenters. The summed E-state index contributed by atoms with van der Waals surface area (Å²) in [5.74, 6) is -1.46. The molecule has 7 nitrogen and oxygen atoms in total. The zero-order chi connectivity index (χ0) is 17.1. The van der Waals surface area contributed by atoms with E-state index in [4.69, 9.17) is 21.4 Å². The Morgan fingerprint density at radius 2 is 2.08 bits per heavy atom. The number of aromatic nitrogens is 4. The highest BCUT2D eigenvalue weighted by Gasteiger charge is 2.09. The second kappa shape index (κ2) is 6.63. The molecule has 0 atom stereocenters. The van der Waals surface area contributed by atoms with E-state index >= 15 is 0 Å². The normalized spacial score (nSPS) is 10.6. The Bertz CT molecular complexity index is 883. The Kier molecular flexibility index (Phi) is 4.39. The summed E-state index contributed by atoms with van der Waals surface area (Å²) in [7, 11) is 0. The summed E-state index contributed by atoms with van der Waals surface area (Å²) in [5.41, 5.74) is 0.992. The number of nitrogens with zero attached hydrogens (tertiary/aromatic N) is 4. The van der Waals surface area contributed by atoms with Crippen LogP contribution in [-0.2, 0) is 11.2 Å². The van der Waals surface area contributed by atoms with Gasteiger partial charge in [0.15, 0.2) is 5.82 Å². The number of carboxylic acid groups (broad SMARTS) is 1. The molecule has 9 heteroatoms. The lowest BCUT2D eigenvalue weighted by molar-refractivity contribution is -0.136. The number of halogens is 2. The van der Waals surface area contributed by atoms with Crippen molar-refractivity contribution in [2.24, 2.45) is 0 Å². The molecule has 0 aliphatic carbocycles. The van der Waals surface area contributed by atoms with Crippen LogP contribution in [0.2, 0.25) is 5.02 Å². The Balaban J connectivity index is 1.75. The number of hydrogen-bond donors (Lipinski definition) is 1. The summed E-state index contributed by atoms with van der Waals surface area (Å²) < 4.78 is 20.4. The number of rotatable bonds is 5. The lowest BCUT2D eigenvalue weighted by atomic mass is 10.3. The zero-order valence-corrected chi connectivity index (χ0v) is 12.8. The van der Waals surface area contributed by atoms with E-state index in [2.05, 4.69) is 15.3 Å². The van der Waals surface area contributed by atoms with E-state index in [-0.39, 0.29) is 17.3 Å². The summed E-state index contributed by atoms with van der Waals surface area (Å²) in [5, 5.41) is 16.5. The Hall–Kier alpha value is -3.00. The number of hydrogen-bond acceptors (Lipinski definition) is 5. The van der Waals surface area contributed by atoms with Crippen LogP contribution in [0.1, 0.15) is 5.69 Å². The van der Waals surface area contributed by atoms with Crippen LogP contribution >= 0.6 is 11.6 Å². The van der Waals surface area contributed by atoms with Crippen molar-refractivity contribution in [3.05, 3.63) is 59.3 Å². The fourth-order valence-corrected chi connectivity index (χ4v) is 2.06. The third-order valence-corrected chi connectivity index (χ3v) is 3.17. The molecular formula is C15H10ClFN4O3. The average Bonchev–Trinajstić information content (AvgIpc) is 2.98. The van der Waals surface area contributed by atoms with Crippen molar-refractivity contribution < 1.29 is 19.0 Å². The van der Waals surface area contributed by atoms with Crippen LogP contribution in [0.4, 0.5) is 4.39 Å². The summed E-state index contributed by atoms with van der Waals surface area (Å²) in [6.07, 6.45) is 2.60. The van der Waals surface area contributed by atoms with Crippen LogP contribution in [0, 0.1) is 5.82 Å². The molecule has 2 heterocycles. The van der Waals surface area contributed by atoms with Gasteiger partial charge >= 0.3 is 5.97 Å². The van der Waals surface area contributed by atoms with Crippen LogP contribution < -0.4 is 4.74 Å². The van der Waals surface area contributed by atoms with Crippen molar-refractivity contribution in [1.29, 1.82) is 0 Å². The van der Waals surface area contributed by atoms with Crippen LogP contribution in [0.25, 0.3) is 5.69 Å². The van der Waals surface area contributed by atoms with Crippen molar-refractivity contribution in [2.45, 2.75) is 6.42 Å². The van der Waals surface area contributed by atoms with Gasteiger partial charge in [-0.3, -0.25) is 4.79 Å². The van der Waals surface area contributed by atoms with Crippen LogP contribution in [0.3, 0.4) is 0 Å². The molecule has 0 spiro atoms. The third-order valence-electron chi connectivity index (χ3n) is 2.96. The van der Waals surface area contributed by atoms with E-state index in [1.54, 1.807) is 24.3 Å². The lowest BCUT2D eigenvalue weighted by Gasteiger charge is -2.06. The molecule has 1 N–H and O–H groups in total. The SMILES string of the molecule is O=C(O)Cc1cn(-c2ccc(Oc3ncc(Cl)cc3F)cc2)nn1. The van der Waals surface area contributed by atoms with Gasteiger partial charge in [-0.15, -0.1) is 5.10 Å². The number of benzene rings is 1. The molecule has 0 aliphatic heterocycles. The van der Waals surface area contributed by atoms with E-state index in [9.17, 15) is 9.18 Å². The minimum Gasteiger partial charge on any atom is -0.481 e. The quantitative estimate of drug-likeness (QED) is 0.762. The molecule has 2 aromatic heterocycles. The molecule has 0 aliphatic rings. The highest BCUT2D eigenvalue weighted by atomic mass is 35.5. The molecule has 122 valence electrons. The fraction of sp³-hybridized carbons (Fsp3) is 0.0667. The minimum atomic E-state index is -0.983. The van der Waals surface area contributed by atoms with Gasteiger partial charge in [-0.2, -0.15) is 0 Å². The van der Waals surface area contributed by atoms with Gasteiger partial charge in [0.05, 0.1) is 29.0 Å². The molecule has 0 saturated carbocycles. The van der Waals surface area contributed by atoms with Crippen molar-refractivity contribution in [2.75, 3.05) is 0 Å². The summed E-state index contributed by atoms with van der Waals surface area (Å²) in [4.78, 5) is 14.4. The van der Waals surface area contributed by atoms with E-state index < -0.39 is 11.8 Å². The highest BCUT2D eigenvalue weighted by molar-refractivity contribution is 6.30. The molecule has 0 saturated heterocycles. The second-order valence-corrected chi connectivity index (χ2v) is 5.20. The number of ether oxygens (including phenoxy) is 1. The highest BCUT2D eigenvalue weighted by Crippen LogP contribution is 2.24. The maximum atomic E-state index is 13.6. The topological polar surface area (TPSA) is 90.1 Å². The van der Waals surface area contributed by atoms with Gasteiger partial charge in [0, 0.05) is 6.20 Å². The van der Waals surface area contributed by atoms with Crippen molar-refractivity contribution in [1.82, 2.24) is 20.0 Å². The zero-order valence-electron chi connectivity index (χ0n) is 12.1. The first-order valence-electron chi connectivity index (χ1n) is 6.73. The molecular weight excluding hydrogens is 339 g/mol. The standard InChI is InChI=1S/C15H10ClFN4O3/c16-9-5-13(17)15(18-7-9)24-12-3-1-11(2-4-12)21-8-10(19-20-21)6-14(22)23/h1-5,7-8H,6H2,(H,22,23). The second-order valence-electron chi connectivity index (χ2n) is 4.76. The predicted molar refractivity (Wildman–Crippen MR) is 82.0 cm³/mol. The van der Waals surface area contributed by atoms with Crippen LogP contribution in [-0.4, -0.2) is 31.1 Å². The molecule has 24 heavy (non-hydrogen) atoms. The number of pyridine rings is 1. The van der Waals surface area contributed by atoms with Gasteiger partial charge < -0.3 is 9.84 Å². The Morgan fingerprint density at radius 1 is 1.33 bits per heavy atom. The van der Waals surface area contributed by atoms with Crippen molar-refractivity contribution in [3.63, 3.8) is 0 Å². The smallest absolute Gasteiger partial charge is 0.309 e. The van der Waals surface area contributed by atoms with Gasteiger partial charge in [0.1, 0.15) is 5.75 Å². The molecule has 1 aromatic carbocycles. The van der Waals surface area contributed by atoms with Gasteiger partial charge in [-0.1, -0.05) is 16.8 Å². The lowest BCUT2D eigenvalue weighted by Crippen LogP contribution is -1.99. The van der Waals surface area contributed by atoms with Crippen LogP contribution in [0.5, 0.6) is 11.6 Å². The first-order valence-corrected chi connectivity index (χ1v) is 7.11. The number of carboxylic acids is 1. The average molecular weight is 349 g/mol. The van der Waals surface area contributed by atoms with Gasteiger partial charge in [-0.25, -0.2) is 14.1 Å². The Morgan fingerprint density at radius 3 is 2.75 bits per heavy atom. The van der Waals surface area contributed by atoms with Gasteiger partial charge in [-0.05, 0) is 30.3 Å². The van der Waals surface area contributed by atoms with E-state index in [1.165, 1.54) is 17.1 Å².